The van der Waals surface area contributed by atoms with Crippen molar-refractivity contribution in [3.05, 3.63) is 42.5 Å². The maximum atomic E-state index is 12.3. The lowest BCUT2D eigenvalue weighted by Crippen LogP contribution is -2.46. The standard InChI is InChI=1S/C17H20N4O2/c22-16-5-6-17(7-8-23-11-17)10-20(16)9-14-1-3-15(4-2-14)21-13-18-12-19-21/h1-4,12-13H,5-11H2/t17-/m0/s1. The predicted molar refractivity (Wildman–Crippen MR) is 83.9 cm³/mol. The van der Waals surface area contributed by atoms with E-state index in [2.05, 4.69) is 22.2 Å². The summed E-state index contributed by atoms with van der Waals surface area (Å²) in [6, 6.07) is 8.12. The van der Waals surface area contributed by atoms with Crippen LogP contribution in [0.5, 0.6) is 0 Å². The number of aromatic nitrogens is 3. The number of benzene rings is 1. The first-order valence-corrected chi connectivity index (χ1v) is 8.04. The molecule has 0 N–H and O–H groups in total. The topological polar surface area (TPSA) is 60.2 Å². The van der Waals surface area contributed by atoms with Gasteiger partial charge in [-0.2, -0.15) is 5.10 Å². The summed E-state index contributed by atoms with van der Waals surface area (Å²) in [7, 11) is 0. The Bertz CT molecular complexity index is 675. The molecule has 0 radical (unpaired) electrons. The van der Waals surface area contributed by atoms with Gasteiger partial charge in [-0.3, -0.25) is 4.79 Å². The van der Waals surface area contributed by atoms with Gasteiger partial charge in [0.15, 0.2) is 0 Å². The Morgan fingerprint density at radius 1 is 1.22 bits per heavy atom. The second kappa shape index (κ2) is 5.77. The van der Waals surface area contributed by atoms with Crippen LogP contribution in [0, 0.1) is 5.41 Å². The van der Waals surface area contributed by atoms with E-state index in [9.17, 15) is 4.79 Å². The van der Waals surface area contributed by atoms with Crippen molar-refractivity contribution in [3.8, 4) is 5.69 Å². The van der Waals surface area contributed by atoms with Crippen LogP contribution in [-0.2, 0) is 16.1 Å². The zero-order chi connectivity index (χ0) is 15.7. The van der Waals surface area contributed by atoms with Crippen LogP contribution in [0.2, 0.25) is 0 Å². The fourth-order valence-corrected chi connectivity index (χ4v) is 3.53. The van der Waals surface area contributed by atoms with Gasteiger partial charge in [0.05, 0.1) is 12.3 Å². The molecule has 6 nitrogen and oxygen atoms in total. The third kappa shape index (κ3) is 2.86. The number of carbonyl (C=O) groups is 1. The van der Waals surface area contributed by atoms with E-state index in [1.165, 1.54) is 6.33 Å². The Morgan fingerprint density at radius 3 is 2.78 bits per heavy atom. The number of hydrogen-bond acceptors (Lipinski definition) is 4. The molecule has 120 valence electrons. The normalized spacial score (nSPS) is 24.5. The largest absolute Gasteiger partial charge is 0.381 e. The second-order valence-electron chi connectivity index (χ2n) is 6.56. The van der Waals surface area contributed by atoms with E-state index in [0.717, 1.165) is 43.9 Å². The number of likely N-dealkylation sites (tertiary alicyclic amines) is 1. The minimum atomic E-state index is 0.189. The van der Waals surface area contributed by atoms with Crippen molar-refractivity contribution in [2.24, 2.45) is 5.41 Å². The molecule has 23 heavy (non-hydrogen) atoms. The van der Waals surface area contributed by atoms with Crippen molar-refractivity contribution in [2.75, 3.05) is 19.8 Å². The van der Waals surface area contributed by atoms with Crippen LogP contribution in [-0.4, -0.2) is 45.3 Å². The molecule has 3 heterocycles. The summed E-state index contributed by atoms with van der Waals surface area (Å²) in [5.74, 6) is 0.253. The Hall–Kier alpha value is -2.21. The van der Waals surface area contributed by atoms with E-state index in [1.54, 1.807) is 11.0 Å². The van der Waals surface area contributed by atoms with Gasteiger partial charge in [-0.15, -0.1) is 0 Å². The van der Waals surface area contributed by atoms with Gasteiger partial charge >= 0.3 is 0 Å². The Morgan fingerprint density at radius 2 is 2.09 bits per heavy atom. The lowest BCUT2D eigenvalue weighted by atomic mass is 9.79. The summed E-state index contributed by atoms with van der Waals surface area (Å²) in [6.07, 6.45) is 5.87. The molecular formula is C17H20N4O2. The minimum Gasteiger partial charge on any atom is -0.381 e. The van der Waals surface area contributed by atoms with E-state index in [0.29, 0.717) is 13.0 Å². The lowest BCUT2D eigenvalue weighted by molar-refractivity contribution is -0.138. The number of carbonyl (C=O) groups excluding carboxylic acids is 1. The number of ether oxygens (including phenoxy) is 1. The van der Waals surface area contributed by atoms with E-state index in [-0.39, 0.29) is 11.3 Å². The first-order chi connectivity index (χ1) is 11.2. The highest BCUT2D eigenvalue weighted by Gasteiger charge is 2.41. The molecule has 4 rings (SSSR count). The number of amides is 1. The highest BCUT2D eigenvalue weighted by molar-refractivity contribution is 5.77. The summed E-state index contributed by atoms with van der Waals surface area (Å²) >= 11 is 0. The zero-order valence-corrected chi connectivity index (χ0v) is 13.0. The molecule has 1 spiro atoms. The molecular weight excluding hydrogens is 292 g/mol. The molecule has 1 amide bonds. The van der Waals surface area contributed by atoms with Crippen molar-refractivity contribution in [1.29, 1.82) is 0 Å². The minimum absolute atomic E-state index is 0.189. The zero-order valence-electron chi connectivity index (χ0n) is 13.0. The molecule has 0 saturated carbocycles. The van der Waals surface area contributed by atoms with Crippen molar-refractivity contribution in [3.63, 3.8) is 0 Å². The van der Waals surface area contributed by atoms with Gasteiger partial charge in [0.25, 0.3) is 0 Å². The number of rotatable bonds is 3. The smallest absolute Gasteiger partial charge is 0.222 e. The van der Waals surface area contributed by atoms with E-state index in [4.69, 9.17) is 4.74 Å². The molecule has 0 aliphatic carbocycles. The highest BCUT2D eigenvalue weighted by atomic mass is 16.5. The third-order valence-corrected chi connectivity index (χ3v) is 4.93. The van der Waals surface area contributed by atoms with Crippen LogP contribution in [0.15, 0.2) is 36.9 Å². The molecule has 0 bridgehead atoms. The number of hydrogen-bond donors (Lipinski definition) is 0. The molecule has 2 aromatic rings. The average molecular weight is 312 g/mol. The number of nitrogens with zero attached hydrogens (tertiary/aromatic N) is 4. The summed E-state index contributed by atoms with van der Waals surface area (Å²) in [4.78, 5) is 18.2. The van der Waals surface area contributed by atoms with Crippen molar-refractivity contribution in [1.82, 2.24) is 19.7 Å². The van der Waals surface area contributed by atoms with Crippen molar-refractivity contribution >= 4 is 5.91 Å². The van der Waals surface area contributed by atoms with Crippen LogP contribution >= 0.6 is 0 Å². The van der Waals surface area contributed by atoms with Gasteiger partial charge in [0.2, 0.25) is 5.91 Å². The summed E-state index contributed by atoms with van der Waals surface area (Å²) in [5, 5.41) is 4.12. The van der Waals surface area contributed by atoms with Gasteiger partial charge in [-0.25, -0.2) is 9.67 Å². The van der Waals surface area contributed by atoms with E-state index < -0.39 is 0 Å². The lowest BCUT2D eigenvalue weighted by Gasteiger charge is -2.39. The Balaban J connectivity index is 1.47. The van der Waals surface area contributed by atoms with Crippen LogP contribution in [0.25, 0.3) is 5.69 Å². The third-order valence-electron chi connectivity index (χ3n) is 4.93. The molecule has 2 saturated heterocycles. The first kappa shape index (κ1) is 14.4. The maximum Gasteiger partial charge on any atom is 0.222 e. The molecule has 0 unspecified atom stereocenters. The van der Waals surface area contributed by atoms with Gasteiger partial charge in [-0.05, 0) is 30.5 Å². The van der Waals surface area contributed by atoms with Gasteiger partial charge < -0.3 is 9.64 Å². The maximum absolute atomic E-state index is 12.3. The van der Waals surface area contributed by atoms with Crippen molar-refractivity contribution in [2.45, 2.75) is 25.8 Å². The summed E-state index contributed by atoms with van der Waals surface area (Å²) in [5.41, 5.74) is 2.30. The summed E-state index contributed by atoms with van der Waals surface area (Å²) < 4.78 is 7.30. The predicted octanol–water partition coefficient (Wildman–Crippen LogP) is 1.80. The molecule has 2 aliphatic heterocycles. The molecule has 1 aromatic heterocycles. The van der Waals surface area contributed by atoms with Crippen LogP contribution in [0.1, 0.15) is 24.8 Å². The van der Waals surface area contributed by atoms with E-state index >= 15 is 0 Å². The van der Waals surface area contributed by atoms with Crippen molar-refractivity contribution < 1.29 is 9.53 Å². The average Bonchev–Trinajstić information content (AvgIpc) is 3.24. The second-order valence-corrected chi connectivity index (χ2v) is 6.56. The SMILES string of the molecule is O=C1CC[C@]2(CCOC2)CN1Cc1ccc(-n2cncn2)cc1. The van der Waals surface area contributed by atoms with Crippen LogP contribution in [0.3, 0.4) is 0 Å². The Kier molecular flexibility index (Phi) is 3.61. The number of piperidine rings is 1. The molecule has 2 fully saturated rings. The van der Waals surface area contributed by atoms with Gasteiger partial charge in [0.1, 0.15) is 12.7 Å². The molecule has 6 heteroatoms. The fourth-order valence-electron chi connectivity index (χ4n) is 3.53. The Labute approximate surface area is 135 Å². The molecule has 2 aliphatic rings. The summed E-state index contributed by atoms with van der Waals surface area (Å²) in [6.45, 7) is 3.10. The fraction of sp³-hybridized carbons (Fsp3) is 0.471. The quantitative estimate of drug-likeness (QED) is 0.867. The molecule has 1 atom stereocenters. The monoisotopic (exact) mass is 312 g/mol. The molecule has 1 aromatic carbocycles. The van der Waals surface area contributed by atoms with Crippen LogP contribution < -0.4 is 0 Å². The van der Waals surface area contributed by atoms with Gasteiger partial charge in [-0.1, -0.05) is 12.1 Å². The van der Waals surface area contributed by atoms with E-state index in [1.807, 2.05) is 17.0 Å². The van der Waals surface area contributed by atoms with Gasteiger partial charge in [0, 0.05) is 31.5 Å². The highest BCUT2D eigenvalue weighted by Crippen LogP contribution is 2.38. The van der Waals surface area contributed by atoms with Crippen LogP contribution in [0.4, 0.5) is 0 Å². The first-order valence-electron chi connectivity index (χ1n) is 8.04.